The Morgan fingerprint density at radius 3 is 2.29 bits per heavy atom. The molecule has 0 aromatic carbocycles. The van der Waals surface area contributed by atoms with Gasteiger partial charge < -0.3 is 26.2 Å². The molecule has 7 N–H and O–H groups in total. The van der Waals surface area contributed by atoms with Gasteiger partial charge in [0.1, 0.15) is 24.0 Å². The molecule has 0 aromatic heterocycles. The summed E-state index contributed by atoms with van der Waals surface area (Å²) in [5, 5.41) is 15.5. The first-order valence-electron chi connectivity index (χ1n) is 18.2. The van der Waals surface area contributed by atoms with Crippen LogP contribution in [0.5, 0.6) is 0 Å². The van der Waals surface area contributed by atoms with Gasteiger partial charge in [0.15, 0.2) is 0 Å². The number of rotatable bonds is 14. The lowest BCUT2D eigenvalue weighted by molar-refractivity contribution is -0.146. The molecule has 3 saturated carbocycles. The maximum atomic E-state index is 14.6. The highest BCUT2D eigenvalue weighted by atomic mass is 16.2. The Labute approximate surface area is 288 Å². The monoisotopic (exact) mass is 685 g/mol. The standard InChI is InChI=1S/C34H55N9O6/c1-5-10-23(28(45)32(48)35-21-15-16-21)36-31(47)27-22-14-9-13-20(22)18-43(27)33(49)29(34(2,3)4)38-30(46)26(19-11-7-6-8-12-19)37-25(44)17-24-39-41-42-40-24/h19-23,26-27,29,41-42H,5-18H2,1-4H3,(H,35,48)(H,36,47)(H,37,44)(H,38,46)(H,39,40)/t20-,22-,23?,26+,27-,29+/m0/s1. The van der Waals surface area contributed by atoms with Crippen LogP contribution in [0.15, 0.2) is 5.10 Å². The van der Waals surface area contributed by atoms with Gasteiger partial charge in [0, 0.05) is 12.6 Å². The zero-order chi connectivity index (χ0) is 35.3. The van der Waals surface area contributed by atoms with E-state index in [1.54, 1.807) is 4.90 Å². The summed E-state index contributed by atoms with van der Waals surface area (Å²) in [6, 6.07) is -3.61. The number of hydrazine groups is 2. The largest absolute Gasteiger partial charge is 0.347 e. The van der Waals surface area contributed by atoms with E-state index in [4.69, 9.17) is 0 Å². The number of hydrogen-bond donors (Lipinski definition) is 7. The number of nitrogens with zero attached hydrogens (tertiary/aromatic N) is 2. The van der Waals surface area contributed by atoms with Crippen LogP contribution < -0.4 is 37.8 Å². The predicted molar refractivity (Wildman–Crippen MR) is 181 cm³/mol. The quantitative estimate of drug-likeness (QED) is 0.128. The number of hydrazone groups is 1. The van der Waals surface area contributed by atoms with E-state index in [0.717, 1.165) is 64.2 Å². The lowest BCUT2D eigenvalue weighted by atomic mass is 9.82. The van der Waals surface area contributed by atoms with E-state index < -0.39 is 53.1 Å². The number of Topliss-reactive ketones (excluding diaryl/α,β-unsaturated/α-hetero) is 1. The molecule has 1 saturated heterocycles. The van der Waals surface area contributed by atoms with Crippen molar-refractivity contribution in [3.8, 4) is 0 Å². The lowest BCUT2D eigenvalue weighted by Gasteiger charge is -2.38. The second kappa shape index (κ2) is 15.9. The maximum Gasteiger partial charge on any atom is 0.289 e. The normalized spacial score (nSPS) is 25.5. The SMILES string of the molecule is CCCC(NC(=O)[C@@H]1[C@H]2CCC[C@H]2CN1C(=O)[C@@H](NC(=O)[C@H](NC(=O)CC1=NNNN1)C1CCCCC1)C(C)(C)C)C(=O)C(=O)NC1CC1. The number of carbonyl (C=O) groups is 6. The number of likely N-dealkylation sites (tertiary alicyclic amines) is 1. The first-order valence-corrected chi connectivity index (χ1v) is 18.2. The highest BCUT2D eigenvalue weighted by molar-refractivity contribution is 6.38. The molecule has 5 rings (SSSR count). The molecule has 0 bridgehead atoms. The number of amides is 5. The number of amidine groups is 1. The van der Waals surface area contributed by atoms with Gasteiger partial charge >= 0.3 is 0 Å². The van der Waals surface area contributed by atoms with E-state index in [0.29, 0.717) is 25.2 Å². The van der Waals surface area contributed by atoms with E-state index in [1.807, 2.05) is 27.7 Å². The fourth-order valence-electron chi connectivity index (χ4n) is 7.92. The smallest absolute Gasteiger partial charge is 0.289 e. The molecule has 272 valence electrons. The number of ketones is 1. The van der Waals surface area contributed by atoms with Crippen molar-refractivity contribution in [2.45, 2.75) is 141 Å². The number of hydrogen-bond acceptors (Lipinski definition) is 10. The van der Waals surface area contributed by atoms with Crippen molar-refractivity contribution < 1.29 is 28.8 Å². The summed E-state index contributed by atoms with van der Waals surface area (Å²) in [4.78, 5) is 83.2. The Morgan fingerprint density at radius 2 is 1.65 bits per heavy atom. The van der Waals surface area contributed by atoms with Crippen molar-refractivity contribution >= 4 is 41.2 Å². The third kappa shape index (κ3) is 9.08. The van der Waals surface area contributed by atoms with Gasteiger partial charge in [0.2, 0.25) is 29.4 Å². The summed E-state index contributed by atoms with van der Waals surface area (Å²) in [6.45, 7) is 7.87. The predicted octanol–water partition coefficient (Wildman–Crippen LogP) is 0.658. The van der Waals surface area contributed by atoms with Crippen LogP contribution in [-0.2, 0) is 28.8 Å². The highest BCUT2D eigenvalue weighted by Crippen LogP contribution is 2.43. The van der Waals surface area contributed by atoms with Crippen LogP contribution >= 0.6 is 0 Å². The highest BCUT2D eigenvalue weighted by Gasteiger charge is 2.52. The van der Waals surface area contributed by atoms with Crippen LogP contribution in [0.3, 0.4) is 0 Å². The second-order valence-electron chi connectivity index (χ2n) is 15.6. The van der Waals surface area contributed by atoms with Crippen molar-refractivity contribution in [1.82, 2.24) is 42.7 Å². The Balaban J connectivity index is 1.33. The maximum absolute atomic E-state index is 14.6. The molecule has 4 fully saturated rings. The molecule has 0 spiro atoms. The summed E-state index contributed by atoms with van der Waals surface area (Å²) in [6.07, 6.45) is 9.64. The zero-order valence-corrected chi connectivity index (χ0v) is 29.4. The van der Waals surface area contributed by atoms with Gasteiger partial charge in [-0.2, -0.15) is 0 Å². The van der Waals surface area contributed by atoms with Gasteiger partial charge in [-0.15, -0.1) is 10.6 Å². The molecule has 15 nitrogen and oxygen atoms in total. The fourth-order valence-corrected chi connectivity index (χ4v) is 7.92. The van der Waals surface area contributed by atoms with Gasteiger partial charge in [-0.3, -0.25) is 34.2 Å². The molecule has 5 amide bonds. The van der Waals surface area contributed by atoms with Crippen molar-refractivity contribution in [3.05, 3.63) is 0 Å². The molecule has 5 aliphatic rings. The van der Waals surface area contributed by atoms with Gasteiger partial charge in [-0.05, 0) is 68.1 Å². The lowest BCUT2D eigenvalue weighted by Crippen LogP contribution is -2.62. The molecular formula is C34H55N9O6. The summed E-state index contributed by atoms with van der Waals surface area (Å²) in [5.74, 6) is -2.60. The zero-order valence-electron chi connectivity index (χ0n) is 29.4. The molecule has 0 radical (unpaired) electrons. The second-order valence-corrected chi connectivity index (χ2v) is 15.6. The molecule has 49 heavy (non-hydrogen) atoms. The van der Waals surface area contributed by atoms with Crippen molar-refractivity contribution in [3.63, 3.8) is 0 Å². The van der Waals surface area contributed by atoms with Gasteiger partial charge in [0.05, 0.1) is 12.5 Å². The Hall–Kier alpha value is -3.75. The van der Waals surface area contributed by atoms with Crippen LogP contribution in [0.4, 0.5) is 0 Å². The molecule has 3 aliphatic carbocycles. The van der Waals surface area contributed by atoms with Crippen LogP contribution in [0.1, 0.15) is 111 Å². The minimum Gasteiger partial charge on any atom is -0.347 e. The Bertz CT molecular complexity index is 1310. The Morgan fingerprint density at radius 1 is 0.918 bits per heavy atom. The molecule has 2 heterocycles. The van der Waals surface area contributed by atoms with Crippen LogP contribution in [0.2, 0.25) is 0 Å². The summed E-state index contributed by atoms with van der Waals surface area (Å²) in [7, 11) is 0. The van der Waals surface area contributed by atoms with Gasteiger partial charge in [-0.25, -0.2) is 5.53 Å². The van der Waals surface area contributed by atoms with E-state index in [-0.39, 0.29) is 42.0 Å². The minimum absolute atomic E-state index is 0.0144. The van der Waals surface area contributed by atoms with Crippen molar-refractivity contribution in [1.29, 1.82) is 0 Å². The van der Waals surface area contributed by atoms with E-state index in [1.165, 1.54) is 0 Å². The first-order chi connectivity index (χ1) is 23.4. The van der Waals surface area contributed by atoms with Crippen LogP contribution in [-0.4, -0.2) is 82.8 Å². The van der Waals surface area contributed by atoms with Crippen LogP contribution in [0.25, 0.3) is 0 Å². The average molecular weight is 686 g/mol. The minimum atomic E-state index is -0.983. The summed E-state index contributed by atoms with van der Waals surface area (Å²) < 4.78 is 0. The third-order valence-corrected chi connectivity index (χ3v) is 10.7. The molecule has 15 heteroatoms. The first kappa shape index (κ1) is 36.5. The fraction of sp³-hybridized carbons (Fsp3) is 0.794. The number of carbonyl (C=O) groups excluding carboxylic acids is 6. The third-order valence-electron chi connectivity index (χ3n) is 10.7. The molecule has 6 atom stereocenters. The van der Waals surface area contributed by atoms with Crippen molar-refractivity contribution in [2.24, 2.45) is 28.3 Å². The molecular weight excluding hydrogens is 630 g/mol. The molecule has 2 aliphatic heterocycles. The van der Waals surface area contributed by atoms with Crippen molar-refractivity contribution in [2.75, 3.05) is 6.54 Å². The summed E-state index contributed by atoms with van der Waals surface area (Å²) in [5.41, 5.74) is 7.13. The topological polar surface area (TPSA) is 202 Å². The van der Waals surface area contributed by atoms with E-state index in [9.17, 15) is 28.8 Å². The van der Waals surface area contributed by atoms with E-state index >= 15 is 0 Å². The molecule has 0 aromatic rings. The average Bonchev–Trinajstić information content (AvgIpc) is 3.38. The van der Waals surface area contributed by atoms with E-state index in [2.05, 4.69) is 42.9 Å². The van der Waals surface area contributed by atoms with Gasteiger partial charge in [0.25, 0.3) is 5.91 Å². The number of nitrogens with one attached hydrogen (secondary N) is 7. The van der Waals surface area contributed by atoms with Crippen LogP contribution in [0, 0.1) is 23.2 Å². The summed E-state index contributed by atoms with van der Waals surface area (Å²) >= 11 is 0. The number of fused-ring (bicyclic) bond motifs is 1. The van der Waals surface area contributed by atoms with Gasteiger partial charge in [-0.1, -0.05) is 59.8 Å². The Kier molecular flexibility index (Phi) is 11.8. The molecule has 1 unspecified atom stereocenters.